The van der Waals surface area contributed by atoms with Gasteiger partial charge in [0.2, 0.25) is 5.91 Å². The predicted molar refractivity (Wildman–Crippen MR) is 82.9 cm³/mol. The van der Waals surface area contributed by atoms with Crippen LogP contribution in [0.25, 0.3) is 0 Å². The lowest BCUT2D eigenvalue weighted by Crippen LogP contribution is -2.54. The molecule has 2 saturated heterocycles. The first kappa shape index (κ1) is 15.6. The van der Waals surface area contributed by atoms with Gasteiger partial charge in [0.05, 0.1) is 13.0 Å². The zero-order valence-electron chi connectivity index (χ0n) is 13.1. The Kier molecular flexibility index (Phi) is 4.77. The quantitative estimate of drug-likeness (QED) is 0.643. The second-order valence-electron chi connectivity index (χ2n) is 7.07. The van der Waals surface area contributed by atoms with Crippen molar-refractivity contribution in [1.82, 2.24) is 10.4 Å². The van der Waals surface area contributed by atoms with Crippen LogP contribution >= 0.6 is 11.6 Å². The Morgan fingerprint density at radius 3 is 2.57 bits per heavy atom. The summed E-state index contributed by atoms with van der Waals surface area (Å²) in [5.41, 5.74) is 2.60. The van der Waals surface area contributed by atoms with Gasteiger partial charge in [0.15, 0.2) is 0 Å². The van der Waals surface area contributed by atoms with Gasteiger partial charge in [0.25, 0.3) is 0 Å². The molecule has 0 aromatic carbocycles. The minimum atomic E-state index is 0.0746. The Labute approximate surface area is 132 Å². The molecular formula is C16H27ClN2O2. The highest BCUT2D eigenvalue weighted by molar-refractivity contribution is 6.20. The first-order chi connectivity index (χ1) is 10.1. The molecule has 5 heteroatoms. The summed E-state index contributed by atoms with van der Waals surface area (Å²) in [4.78, 5) is 19.9. The van der Waals surface area contributed by atoms with Gasteiger partial charge in [0, 0.05) is 17.5 Å². The second kappa shape index (κ2) is 6.43. The van der Waals surface area contributed by atoms with Crippen LogP contribution < -0.4 is 5.48 Å². The van der Waals surface area contributed by atoms with E-state index in [2.05, 4.69) is 17.4 Å². The third-order valence-electron chi connectivity index (χ3n) is 6.13. The van der Waals surface area contributed by atoms with Crippen LogP contribution in [0.15, 0.2) is 0 Å². The van der Waals surface area contributed by atoms with E-state index in [9.17, 15) is 4.79 Å². The minimum absolute atomic E-state index is 0.0746. The number of hydrogen-bond donors (Lipinski definition) is 1. The van der Waals surface area contributed by atoms with Crippen LogP contribution in [0.5, 0.6) is 0 Å². The lowest BCUT2D eigenvalue weighted by atomic mass is 9.68. The fraction of sp³-hybridized carbons (Fsp3) is 0.938. The van der Waals surface area contributed by atoms with Gasteiger partial charge in [-0.1, -0.05) is 0 Å². The Morgan fingerprint density at radius 2 is 1.90 bits per heavy atom. The molecule has 0 radical (unpaired) electrons. The Balaban J connectivity index is 1.78. The van der Waals surface area contributed by atoms with Crippen molar-refractivity contribution >= 4 is 17.5 Å². The van der Waals surface area contributed by atoms with E-state index >= 15 is 0 Å². The molecule has 2 unspecified atom stereocenters. The van der Waals surface area contributed by atoms with E-state index in [1.54, 1.807) is 0 Å². The molecule has 2 heterocycles. The molecule has 0 aromatic heterocycles. The number of amides is 1. The van der Waals surface area contributed by atoms with Crippen molar-refractivity contribution in [3.63, 3.8) is 0 Å². The van der Waals surface area contributed by atoms with E-state index in [0.29, 0.717) is 29.3 Å². The molecule has 2 bridgehead atoms. The van der Waals surface area contributed by atoms with Gasteiger partial charge < -0.3 is 0 Å². The molecule has 0 spiro atoms. The van der Waals surface area contributed by atoms with Crippen molar-refractivity contribution in [2.45, 2.75) is 62.4 Å². The predicted octanol–water partition coefficient (Wildman–Crippen LogP) is 2.56. The fourth-order valence-corrected chi connectivity index (χ4v) is 5.29. The Bertz CT molecular complexity index is 384. The number of halogens is 1. The third-order valence-corrected chi connectivity index (χ3v) is 6.56. The highest BCUT2D eigenvalue weighted by Crippen LogP contribution is 2.48. The van der Waals surface area contributed by atoms with E-state index in [1.165, 1.54) is 26.4 Å². The fourth-order valence-electron chi connectivity index (χ4n) is 5.03. The summed E-state index contributed by atoms with van der Waals surface area (Å²) in [6.07, 6.45) is 8.10. The van der Waals surface area contributed by atoms with Gasteiger partial charge in [-0.05, 0) is 63.8 Å². The summed E-state index contributed by atoms with van der Waals surface area (Å²) in [5.74, 6) is 1.31. The molecule has 3 rings (SSSR count). The normalized spacial score (nSPS) is 43.8. The maximum atomic E-state index is 12.6. The molecular weight excluding hydrogens is 288 g/mol. The van der Waals surface area contributed by atoms with E-state index in [4.69, 9.17) is 16.4 Å². The topological polar surface area (TPSA) is 41.6 Å². The van der Waals surface area contributed by atoms with Gasteiger partial charge in [-0.3, -0.25) is 14.5 Å². The maximum absolute atomic E-state index is 12.6. The average molecular weight is 315 g/mol. The van der Waals surface area contributed by atoms with Gasteiger partial charge >= 0.3 is 0 Å². The summed E-state index contributed by atoms with van der Waals surface area (Å²) < 4.78 is 0. The number of hydroxylamine groups is 1. The molecule has 2 aliphatic heterocycles. The lowest BCUT2D eigenvalue weighted by molar-refractivity contribution is -0.143. The number of carbonyl (C=O) groups excluding carboxylic acids is 1. The highest BCUT2D eigenvalue weighted by atomic mass is 35.5. The number of hydrogen-bond acceptors (Lipinski definition) is 3. The molecule has 3 aliphatic rings. The molecule has 120 valence electrons. The molecule has 4 nitrogen and oxygen atoms in total. The summed E-state index contributed by atoms with van der Waals surface area (Å²) in [5, 5.41) is 0.343. The smallest absolute Gasteiger partial charge is 0.248 e. The number of fused-ring (bicyclic) bond motifs is 2. The number of nitrogens with zero attached hydrogens (tertiary/aromatic N) is 1. The van der Waals surface area contributed by atoms with Crippen LogP contribution in [0.1, 0.15) is 44.9 Å². The van der Waals surface area contributed by atoms with Crippen molar-refractivity contribution in [2.24, 2.45) is 17.8 Å². The van der Waals surface area contributed by atoms with Crippen molar-refractivity contribution in [2.75, 3.05) is 14.2 Å². The monoisotopic (exact) mass is 314 g/mol. The second-order valence-corrected chi connectivity index (χ2v) is 7.69. The summed E-state index contributed by atoms with van der Waals surface area (Å²) in [7, 11) is 3.71. The molecule has 1 saturated carbocycles. The van der Waals surface area contributed by atoms with Crippen LogP contribution in [-0.4, -0.2) is 42.4 Å². The molecule has 1 N–H and O–H groups in total. The Morgan fingerprint density at radius 1 is 1.19 bits per heavy atom. The Hall–Kier alpha value is -0.320. The minimum Gasteiger partial charge on any atom is -0.300 e. The molecule has 1 amide bonds. The van der Waals surface area contributed by atoms with E-state index in [-0.39, 0.29) is 11.8 Å². The van der Waals surface area contributed by atoms with Crippen LogP contribution in [0, 0.1) is 17.8 Å². The molecule has 3 fully saturated rings. The summed E-state index contributed by atoms with van der Waals surface area (Å²) in [6, 6.07) is 1.05. The van der Waals surface area contributed by atoms with Crippen LogP contribution in [0.2, 0.25) is 0 Å². The first-order valence-corrected chi connectivity index (χ1v) is 8.74. The number of piperidine rings is 1. The molecule has 0 aromatic rings. The standard InChI is InChI=1S/C16H27ClN2O2/c1-19-12-7-8-14(19)15(16(20)18-21-2)13(9-12)10-3-5-11(17)6-4-10/h10-15H,3-9H2,1-2H3,(H,18,20)/t10?,11?,12-,13-,14?,15?/m1/s1. The molecule has 21 heavy (non-hydrogen) atoms. The third kappa shape index (κ3) is 2.95. The van der Waals surface area contributed by atoms with Crippen molar-refractivity contribution in [3.05, 3.63) is 0 Å². The SMILES string of the molecule is CONC(=O)C1C2CC[C@H](C[C@@H]1C1CCC(Cl)CC1)N2C. The van der Waals surface area contributed by atoms with Crippen LogP contribution in [0.4, 0.5) is 0 Å². The lowest BCUT2D eigenvalue weighted by Gasteiger charge is -2.46. The zero-order valence-corrected chi connectivity index (χ0v) is 13.8. The number of carbonyl (C=O) groups is 1. The summed E-state index contributed by atoms with van der Waals surface area (Å²) in [6.45, 7) is 0. The molecule has 4 atom stereocenters. The maximum Gasteiger partial charge on any atom is 0.248 e. The first-order valence-electron chi connectivity index (χ1n) is 8.30. The van der Waals surface area contributed by atoms with E-state index < -0.39 is 0 Å². The van der Waals surface area contributed by atoms with Crippen molar-refractivity contribution in [3.8, 4) is 0 Å². The van der Waals surface area contributed by atoms with Crippen LogP contribution in [-0.2, 0) is 9.63 Å². The van der Waals surface area contributed by atoms with Crippen molar-refractivity contribution in [1.29, 1.82) is 0 Å². The number of rotatable bonds is 3. The largest absolute Gasteiger partial charge is 0.300 e. The van der Waals surface area contributed by atoms with Crippen LogP contribution in [0.3, 0.4) is 0 Å². The zero-order chi connectivity index (χ0) is 15.0. The number of nitrogens with one attached hydrogen (secondary N) is 1. The van der Waals surface area contributed by atoms with Gasteiger partial charge in [0.1, 0.15) is 0 Å². The van der Waals surface area contributed by atoms with Crippen molar-refractivity contribution < 1.29 is 9.63 Å². The average Bonchev–Trinajstić information content (AvgIpc) is 2.72. The van der Waals surface area contributed by atoms with Gasteiger partial charge in [-0.2, -0.15) is 0 Å². The van der Waals surface area contributed by atoms with E-state index in [0.717, 1.165) is 25.7 Å². The molecule has 1 aliphatic carbocycles. The number of alkyl halides is 1. The van der Waals surface area contributed by atoms with Gasteiger partial charge in [-0.25, -0.2) is 5.48 Å². The highest BCUT2D eigenvalue weighted by Gasteiger charge is 2.50. The summed E-state index contributed by atoms with van der Waals surface area (Å²) >= 11 is 6.25. The van der Waals surface area contributed by atoms with E-state index in [1.807, 2.05) is 0 Å². The van der Waals surface area contributed by atoms with Gasteiger partial charge in [-0.15, -0.1) is 11.6 Å².